The third kappa shape index (κ3) is 5.45. The molecular weight excluding hydrogens is 384 g/mol. The fraction of sp³-hybridized carbons (Fsp3) is 0.389. The second kappa shape index (κ2) is 9.58. The van der Waals surface area contributed by atoms with E-state index in [1.165, 1.54) is 17.7 Å². The third-order valence-electron chi connectivity index (χ3n) is 4.36. The van der Waals surface area contributed by atoms with E-state index in [0.717, 1.165) is 51.0 Å². The van der Waals surface area contributed by atoms with Gasteiger partial charge in [0.05, 0.1) is 6.33 Å². The number of unbranched alkanes of at least 4 members (excludes halogenated alkanes) is 1. The Kier molecular flexibility index (Phi) is 7.76. The summed E-state index contributed by atoms with van der Waals surface area (Å²) in [6, 6.07) is 6.76. The second-order valence-corrected chi connectivity index (χ2v) is 6.73. The van der Waals surface area contributed by atoms with Crippen molar-refractivity contribution in [3.63, 3.8) is 0 Å². The number of aryl methyl sites for hydroxylation is 1. The van der Waals surface area contributed by atoms with Crippen molar-refractivity contribution in [3.05, 3.63) is 58.4 Å². The maximum absolute atomic E-state index is 13.0. The van der Waals surface area contributed by atoms with Gasteiger partial charge in [0.2, 0.25) is 0 Å². The summed E-state index contributed by atoms with van der Waals surface area (Å²) < 4.78 is 14.9. The van der Waals surface area contributed by atoms with Crippen molar-refractivity contribution >= 4 is 41.2 Å². The quantitative estimate of drug-likeness (QED) is 0.608. The number of rotatable bonds is 6. The van der Waals surface area contributed by atoms with Crippen LogP contribution in [-0.2, 0) is 6.54 Å². The lowest BCUT2D eigenvalue weighted by molar-refractivity contribution is 0.292. The monoisotopic (exact) mass is 403 g/mol. The van der Waals surface area contributed by atoms with Gasteiger partial charge >= 0.3 is 0 Å². The SMILES string of the molecule is Cl.Fc1ccc(C2=CCN(CCCCn3cnc(Cl)c3Cl)CC2)cc1. The van der Waals surface area contributed by atoms with Crippen LogP contribution >= 0.6 is 35.6 Å². The number of halogens is 4. The first-order chi connectivity index (χ1) is 11.6. The minimum absolute atomic E-state index is 0. The van der Waals surface area contributed by atoms with Gasteiger partial charge in [0.25, 0.3) is 0 Å². The molecule has 0 N–H and O–H groups in total. The fourth-order valence-corrected chi connectivity index (χ4v) is 3.29. The van der Waals surface area contributed by atoms with E-state index in [2.05, 4.69) is 16.0 Å². The van der Waals surface area contributed by atoms with E-state index in [1.807, 2.05) is 16.7 Å². The molecule has 0 saturated heterocycles. The van der Waals surface area contributed by atoms with E-state index < -0.39 is 0 Å². The topological polar surface area (TPSA) is 21.1 Å². The largest absolute Gasteiger partial charge is 0.320 e. The molecule has 2 heterocycles. The lowest BCUT2D eigenvalue weighted by atomic mass is 9.99. The van der Waals surface area contributed by atoms with Crippen molar-refractivity contribution in [2.24, 2.45) is 0 Å². The molecule has 25 heavy (non-hydrogen) atoms. The first-order valence-corrected chi connectivity index (χ1v) is 8.92. The standard InChI is InChI=1S/C18H20Cl2FN3.ClH/c19-17-18(20)24(13-22-17)10-2-1-9-23-11-7-15(8-12-23)14-3-5-16(21)6-4-14;/h3-7,13H,1-2,8-12H2;1H. The molecular formula is C18H21Cl3FN3. The van der Waals surface area contributed by atoms with Crippen molar-refractivity contribution in [1.29, 1.82) is 0 Å². The number of hydrogen-bond donors (Lipinski definition) is 0. The zero-order valence-corrected chi connectivity index (χ0v) is 16.1. The van der Waals surface area contributed by atoms with Crippen molar-refractivity contribution in [2.45, 2.75) is 25.8 Å². The summed E-state index contributed by atoms with van der Waals surface area (Å²) in [5, 5.41) is 0.882. The summed E-state index contributed by atoms with van der Waals surface area (Å²) in [4.78, 5) is 6.42. The van der Waals surface area contributed by atoms with Crippen LogP contribution in [0.2, 0.25) is 10.3 Å². The molecule has 1 aromatic heterocycles. The summed E-state index contributed by atoms with van der Waals surface area (Å²) in [7, 11) is 0. The number of hydrogen-bond acceptors (Lipinski definition) is 2. The Morgan fingerprint density at radius 1 is 1.08 bits per heavy atom. The molecule has 0 spiro atoms. The van der Waals surface area contributed by atoms with Gasteiger partial charge in [-0.2, -0.15) is 0 Å². The van der Waals surface area contributed by atoms with Crippen LogP contribution in [0.5, 0.6) is 0 Å². The maximum Gasteiger partial charge on any atom is 0.166 e. The van der Waals surface area contributed by atoms with Crippen LogP contribution < -0.4 is 0 Å². The predicted octanol–water partition coefficient (Wildman–Crippen LogP) is 5.32. The molecule has 0 bridgehead atoms. The van der Waals surface area contributed by atoms with E-state index in [0.29, 0.717) is 10.3 Å². The average Bonchev–Trinajstić information content (AvgIpc) is 2.92. The molecule has 3 rings (SSSR count). The summed E-state index contributed by atoms with van der Waals surface area (Å²) >= 11 is 11.9. The van der Waals surface area contributed by atoms with Crippen LogP contribution in [0.25, 0.3) is 5.57 Å². The fourth-order valence-electron chi connectivity index (χ4n) is 2.96. The van der Waals surface area contributed by atoms with E-state index in [4.69, 9.17) is 23.2 Å². The Hall–Kier alpha value is -1.07. The highest BCUT2D eigenvalue weighted by molar-refractivity contribution is 6.40. The Morgan fingerprint density at radius 3 is 2.40 bits per heavy atom. The highest BCUT2D eigenvalue weighted by Gasteiger charge is 2.13. The van der Waals surface area contributed by atoms with Crippen LogP contribution in [-0.4, -0.2) is 34.1 Å². The Morgan fingerprint density at radius 2 is 1.80 bits per heavy atom. The van der Waals surface area contributed by atoms with Crippen molar-refractivity contribution < 1.29 is 4.39 Å². The van der Waals surface area contributed by atoms with Gasteiger partial charge in [-0.3, -0.25) is 4.90 Å². The van der Waals surface area contributed by atoms with Gasteiger partial charge in [0.1, 0.15) is 11.0 Å². The highest BCUT2D eigenvalue weighted by Crippen LogP contribution is 2.23. The van der Waals surface area contributed by atoms with Crippen molar-refractivity contribution in [3.8, 4) is 0 Å². The molecule has 2 aromatic rings. The van der Waals surface area contributed by atoms with Crippen molar-refractivity contribution in [2.75, 3.05) is 19.6 Å². The molecule has 7 heteroatoms. The maximum atomic E-state index is 13.0. The van der Waals surface area contributed by atoms with Gasteiger partial charge in [-0.25, -0.2) is 9.37 Å². The van der Waals surface area contributed by atoms with Crippen LogP contribution in [0.15, 0.2) is 36.7 Å². The first-order valence-electron chi connectivity index (χ1n) is 8.17. The zero-order valence-electron chi connectivity index (χ0n) is 13.8. The lowest BCUT2D eigenvalue weighted by Gasteiger charge is -2.26. The molecule has 136 valence electrons. The van der Waals surface area contributed by atoms with Gasteiger partial charge < -0.3 is 4.57 Å². The third-order valence-corrected chi connectivity index (χ3v) is 5.13. The predicted molar refractivity (Wildman–Crippen MR) is 104 cm³/mol. The number of nitrogens with zero attached hydrogens (tertiary/aromatic N) is 3. The van der Waals surface area contributed by atoms with Crippen LogP contribution in [0.3, 0.4) is 0 Å². The zero-order chi connectivity index (χ0) is 16.9. The first kappa shape index (κ1) is 20.2. The van der Waals surface area contributed by atoms with E-state index in [9.17, 15) is 4.39 Å². The molecule has 1 aromatic carbocycles. The molecule has 0 radical (unpaired) electrons. The van der Waals surface area contributed by atoms with Gasteiger partial charge in [-0.15, -0.1) is 12.4 Å². The summed E-state index contributed by atoms with van der Waals surface area (Å²) in [5.74, 6) is -0.184. The van der Waals surface area contributed by atoms with Crippen LogP contribution in [0.4, 0.5) is 4.39 Å². The molecule has 0 saturated carbocycles. The lowest BCUT2D eigenvalue weighted by Crippen LogP contribution is -2.29. The Labute approximate surface area is 163 Å². The Balaban J connectivity index is 0.00000225. The molecule has 0 atom stereocenters. The molecule has 1 aliphatic heterocycles. The van der Waals surface area contributed by atoms with E-state index in [1.54, 1.807) is 6.33 Å². The van der Waals surface area contributed by atoms with Gasteiger partial charge in [-0.1, -0.05) is 41.4 Å². The number of aromatic nitrogens is 2. The molecule has 0 amide bonds. The van der Waals surface area contributed by atoms with E-state index in [-0.39, 0.29) is 18.2 Å². The molecule has 0 fully saturated rings. The van der Waals surface area contributed by atoms with Gasteiger partial charge in [0, 0.05) is 19.6 Å². The van der Waals surface area contributed by atoms with Gasteiger partial charge in [0.15, 0.2) is 5.15 Å². The second-order valence-electron chi connectivity index (χ2n) is 6.01. The molecule has 1 aliphatic rings. The normalized spacial score (nSPS) is 14.9. The summed E-state index contributed by atoms with van der Waals surface area (Å²) in [6.45, 7) is 3.89. The van der Waals surface area contributed by atoms with Crippen LogP contribution in [0, 0.1) is 5.82 Å². The van der Waals surface area contributed by atoms with Crippen LogP contribution in [0.1, 0.15) is 24.8 Å². The van der Waals surface area contributed by atoms with Crippen molar-refractivity contribution in [1.82, 2.24) is 14.5 Å². The molecule has 3 nitrogen and oxygen atoms in total. The Bertz CT molecular complexity index is 713. The number of imidazole rings is 1. The molecule has 0 aliphatic carbocycles. The number of benzene rings is 1. The summed E-state index contributed by atoms with van der Waals surface area (Å²) in [6.07, 6.45) is 7.09. The smallest absolute Gasteiger partial charge is 0.166 e. The molecule has 0 unspecified atom stereocenters. The van der Waals surface area contributed by atoms with E-state index >= 15 is 0 Å². The minimum Gasteiger partial charge on any atom is -0.320 e. The van der Waals surface area contributed by atoms with Gasteiger partial charge in [-0.05, 0) is 49.1 Å². The highest BCUT2D eigenvalue weighted by atomic mass is 35.5. The minimum atomic E-state index is -0.184. The summed E-state index contributed by atoms with van der Waals surface area (Å²) in [5.41, 5.74) is 2.44. The average molecular weight is 405 g/mol.